The van der Waals surface area contributed by atoms with Gasteiger partial charge in [0.25, 0.3) is 5.91 Å². The molecule has 3 amide bonds. The Balaban J connectivity index is 1.51. The summed E-state index contributed by atoms with van der Waals surface area (Å²) in [6.45, 7) is 5.16. The van der Waals surface area contributed by atoms with Crippen molar-refractivity contribution < 1.29 is 14.4 Å². The van der Waals surface area contributed by atoms with E-state index in [4.69, 9.17) is 10.1 Å². The number of benzene rings is 2. The van der Waals surface area contributed by atoms with Gasteiger partial charge in [-0.15, -0.1) is 11.3 Å². The third-order valence-electron chi connectivity index (χ3n) is 7.52. The number of hydrogen-bond donors (Lipinski definition) is 2. The van der Waals surface area contributed by atoms with Gasteiger partial charge in [-0.3, -0.25) is 14.4 Å². The lowest BCUT2D eigenvalue weighted by molar-refractivity contribution is -0.129. The number of aromatic nitrogens is 4. The molecule has 12 heteroatoms. The molecule has 3 heterocycles. The second-order valence-electron chi connectivity index (χ2n) is 10.9. The summed E-state index contributed by atoms with van der Waals surface area (Å²) in [7, 11) is 0. The smallest absolute Gasteiger partial charge is 0.253 e. The van der Waals surface area contributed by atoms with Crippen LogP contribution in [0.5, 0.6) is 0 Å². The highest BCUT2D eigenvalue weighted by Crippen LogP contribution is 2.25. The van der Waals surface area contributed by atoms with Gasteiger partial charge in [-0.1, -0.05) is 44.2 Å². The van der Waals surface area contributed by atoms with Crippen molar-refractivity contribution >= 4 is 51.0 Å². The molecule has 0 saturated carbocycles. The summed E-state index contributed by atoms with van der Waals surface area (Å²) in [5.74, 6) is 1.32. The third-order valence-corrected chi connectivity index (χ3v) is 8.97. The van der Waals surface area contributed by atoms with Crippen molar-refractivity contribution in [1.29, 1.82) is 0 Å². The molecule has 10 nitrogen and oxygen atoms in total. The van der Waals surface area contributed by atoms with Gasteiger partial charge in [0.1, 0.15) is 6.04 Å². The number of carbonyl (C=O) groups is 3. The molecular weight excluding hydrogens is 583 g/mol. The van der Waals surface area contributed by atoms with Gasteiger partial charge in [0.2, 0.25) is 11.8 Å². The van der Waals surface area contributed by atoms with E-state index in [-0.39, 0.29) is 30.1 Å². The van der Waals surface area contributed by atoms with Crippen LogP contribution in [0.1, 0.15) is 55.3 Å². The van der Waals surface area contributed by atoms with Gasteiger partial charge >= 0.3 is 0 Å². The van der Waals surface area contributed by atoms with Crippen molar-refractivity contribution in [3.63, 3.8) is 0 Å². The summed E-state index contributed by atoms with van der Waals surface area (Å²) >= 11 is 3.16. The van der Waals surface area contributed by atoms with Crippen LogP contribution in [0.3, 0.4) is 0 Å². The number of amides is 3. The Morgan fingerprint density at radius 3 is 2.67 bits per heavy atom. The summed E-state index contributed by atoms with van der Waals surface area (Å²) in [6.07, 6.45) is 3.15. The lowest BCUT2D eigenvalue weighted by Crippen LogP contribution is -2.49. The molecule has 2 atom stereocenters. The fraction of sp³-hybridized carbons (Fsp3) is 0.419. The number of fused-ring (bicyclic) bond motifs is 2. The molecule has 1 aliphatic rings. The summed E-state index contributed by atoms with van der Waals surface area (Å²) in [5.41, 5.74) is 3.97. The van der Waals surface area contributed by atoms with Crippen LogP contribution in [-0.4, -0.2) is 73.5 Å². The average molecular weight is 620 g/mol. The van der Waals surface area contributed by atoms with Crippen LogP contribution < -0.4 is 10.6 Å². The zero-order valence-corrected chi connectivity index (χ0v) is 26.3. The largest absolute Gasteiger partial charge is 0.344 e. The average Bonchev–Trinajstić information content (AvgIpc) is 3.66. The lowest BCUT2D eigenvalue weighted by atomic mass is 10.0. The second kappa shape index (κ2) is 14.1. The molecule has 0 unspecified atom stereocenters. The summed E-state index contributed by atoms with van der Waals surface area (Å²) in [6, 6.07) is 14.2. The van der Waals surface area contributed by atoms with Crippen LogP contribution >= 0.6 is 23.1 Å². The van der Waals surface area contributed by atoms with Crippen molar-refractivity contribution in [3.8, 4) is 11.4 Å². The molecule has 43 heavy (non-hydrogen) atoms. The molecule has 1 aliphatic heterocycles. The number of nitrogens with zero attached hydrogens (tertiary/aromatic N) is 5. The van der Waals surface area contributed by atoms with Crippen molar-refractivity contribution in [1.82, 2.24) is 35.3 Å². The zero-order chi connectivity index (χ0) is 30.3. The van der Waals surface area contributed by atoms with Gasteiger partial charge < -0.3 is 15.5 Å². The van der Waals surface area contributed by atoms with Crippen LogP contribution in [0.25, 0.3) is 21.6 Å². The summed E-state index contributed by atoms with van der Waals surface area (Å²) < 4.78 is 2.84. The van der Waals surface area contributed by atoms with Gasteiger partial charge in [0.15, 0.2) is 11.6 Å². The van der Waals surface area contributed by atoms with E-state index in [1.165, 1.54) is 11.3 Å². The maximum Gasteiger partial charge on any atom is 0.253 e. The monoisotopic (exact) mass is 619 g/mol. The van der Waals surface area contributed by atoms with Crippen molar-refractivity contribution in [2.24, 2.45) is 5.92 Å². The Morgan fingerprint density at radius 1 is 1.09 bits per heavy atom. The molecule has 0 fully saturated rings. The first-order valence-electron chi connectivity index (χ1n) is 14.6. The van der Waals surface area contributed by atoms with Crippen LogP contribution in [0, 0.1) is 5.92 Å². The molecule has 0 bridgehead atoms. The van der Waals surface area contributed by atoms with Crippen molar-refractivity contribution in [3.05, 3.63) is 65.4 Å². The Labute approximate surface area is 259 Å². The van der Waals surface area contributed by atoms with E-state index < -0.39 is 12.1 Å². The van der Waals surface area contributed by atoms with Crippen molar-refractivity contribution in [2.45, 2.75) is 51.7 Å². The van der Waals surface area contributed by atoms with E-state index in [0.717, 1.165) is 21.5 Å². The minimum atomic E-state index is -0.670. The predicted molar refractivity (Wildman–Crippen MR) is 171 cm³/mol. The number of thiazole rings is 1. The van der Waals surface area contributed by atoms with Gasteiger partial charge in [-0.25, -0.2) is 14.6 Å². The standard InChI is InChI=1S/C31H37N7O3S2/c1-20(2)27-29-35-28(21-8-5-4-6-9-21)36-38(29)16-15-37(31(41)22-11-12-25-24(18-22)32-19-43-25)14-7-10-26(39)33-23(13-17-42-3)30(40)34-27/h4-6,8-9,11-12,18-20,23,27H,7,10,13-17H2,1-3H3,(H,33,39)(H,34,40)/t23-,27+/m0/s1. The third kappa shape index (κ3) is 7.42. The number of nitrogens with one attached hydrogen (secondary N) is 2. The van der Waals surface area contributed by atoms with Crippen molar-refractivity contribution in [2.75, 3.05) is 25.1 Å². The SMILES string of the molecule is CSCC[C@@H]1NC(=O)CCCN(C(=O)c2ccc3scnc3c2)CCn2nc(-c3ccccc3)nc2[C@@H](C(C)C)NC1=O. The Hall–Kier alpha value is -3.77. The minimum Gasteiger partial charge on any atom is -0.344 e. The Kier molecular flexibility index (Phi) is 10.1. The molecule has 0 aliphatic carbocycles. The van der Waals surface area contributed by atoms with Crippen LogP contribution in [0.15, 0.2) is 54.0 Å². The molecule has 0 saturated heterocycles. The van der Waals surface area contributed by atoms with Gasteiger partial charge in [0, 0.05) is 30.6 Å². The van der Waals surface area contributed by atoms with Gasteiger partial charge in [-0.05, 0) is 49.0 Å². The summed E-state index contributed by atoms with van der Waals surface area (Å²) in [5, 5.41) is 11.0. The quantitative estimate of drug-likeness (QED) is 0.325. The molecular formula is C31H37N7O3S2. The number of hydrogen-bond acceptors (Lipinski definition) is 8. The van der Waals surface area contributed by atoms with Gasteiger partial charge in [-0.2, -0.15) is 16.9 Å². The highest BCUT2D eigenvalue weighted by Gasteiger charge is 2.30. The van der Waals surface area contributed by atoms with E-state index >= 15 is 0 Å². The maximum atomic E-state index is 13.8. The van der Waals surface area contributed by atoms with E-state index in [0.29, 0.717) is 49.7 Å². The molecule has 2 aromatic carbocycles. The normalized spacial score (nSPS) is 18.7. The second-order valence-corrected chi connectivity index (χ2v) is 12.8. The van der Waals surface area contributed by atoms with Crippen LogP contribution in [0.4, 0.5) is 0 Å². The number of rotatable bonds is 6. The highest BCUT2D eigenvalue weighted by atomic mass is 32.2. The molecule has 0 spiro atoms. The molecule has 0 radical (unpaired) electrons. The molecule has 4 aromatic rings. The van der Waals surface area contributed by atoms with E-state index in [1.54, 1.807) is 22.2 Å². The first-order valence-corrected chi connectivity index (χ1v) is 16.8. The maximum absolute atomic E-state index is 13.8. The Morgan fingerprint density at radius 2 is 1.91 bits per heavy atom. The van der Waals surface area contributed by atoms with E-state index in [1.807, 2.05) is 73.3 Å². The first-order chi connectivity index (χ1) is 20.8. The number of thioether (sulfide) groups is 1. The van der Waals surface area contributed by atoms with E-state index in [9.17, 15) is 14.4 Å². The minimum absolute atomic E-state index is 0.0112. The Bertz CT molecular complexity index is 1570. The van der Waals surface area contributed by atoms with Crippen LogP contribution in [-0.2, 0) is 16.1 Å². The lowest BCUT2D eigenvalue weighted by Gasteiger charge is -2.28. The predicted octanol–water partition coefficient (Wildman–Crippen LogP) is 4.54. The topological polar surface area (TPSA) is 122 Å². The van der Waals surface area contributed by atoms with E-state index in [2.05, 4.69) is 15.6 Å². The fourth-order valence-corrected chi connectivity index (χ4v) is 6.28. The molecule has 5 rings (SSSR count). The summed E-state index contributed by atoms with van der Waals surface area (Å²) in [4.78, 5) is 51.4. The molecule has 226 valence electrons. The van der Waals surface area contributed by atoms with Crippen LogP contribution in [0.2, 0.25) is 0 Å². The first kappa shape index (κ1) is 30.7. The molecule has 2 N–H and O–H groups in total. The zero-order valence-electron chi connectivity index (χ0n) is 24.7. The fourth-order valence-electron chi connectivity index (χ4n) is 5.15. The highest BCUT2D eigenvalue weighted by molar-refractivity contribution is 7.98. The van der Waals surface area contributed by atoms with Gasteiger partial charge in [0.05, 0.1) is 28.3 Å². The number of carbonyl (C=O) groups excluding carboxylic acids is 3. The molecule has 2 aromatic heterocycles.